The van der Waals surface area contributed by atoms with Crippen molar-refractivity contribution in [2.75, 3.05) is 0 Å². The van der Waals surface area contributed by atoms with Crippen LogP contribution >= 0.6 is 34.8 Å². The Morgan fingerprint density at radius 1 is 1.50 bits per heavy atom. The second-order valence-electron chi connectivity index (χ2n) is 3.10. The molecule has 0 bridgehead atoms. The van der Waals surface area contributed by atoms with Gasteiger partial charge in [0.25, 0.3) is 0 Å². The van der Waals surface area contributed by atoms with Crippen LogP contribution in [0.4, 0.5) is 0 Å². The van der Waals surface area contributed by atoms with Crippen LogP contribution in [0.3, 0.4) is 0 Å². The van der Waals surface area contributed by atoms with Gasteiger partial charge in [0.05, 0.1) is 2.87 Å². The zero-order valence-corrected chi connectivity index (χ0v) is 9.41. The Bertz CT molecular complexity index is 167. The largest absolute Gasteiger partial charge is 0.404 e. The van der Waals surface area contributed by atoms with E-state index >= 15 is 0 Å². The second-order valence-corrected chi connectivity index (χ2v) is 5.32. The van der Waals surface area contributed by atoms with E-state index in [0.717, 1.165) is 8.44 Å². The molecule has 0 heterocycles. The van der Waals surface area contributed by atoms with Crippen molar-refractivity contribution in [2.24, 2.45) is 11.1 Å². The lowest BCUT2D eigenvalue weighted by atomic mass is 9.88. The van der Waals surface area contributed by atoms with Crippen molar-refractivity contribution in [3.05, 3.63) is 11.8 Å². The van der Waals surface area contributed by atoms with Gasteiger partial charge in [0, 0.05) is 0 Å². The summed E-state index contributed by atoms with van der Waals surface area (Å²) >= 11 is 7.12. The molecule has 58 valence electrons. The van der Waals surface area contributed by atoms with E-state index in [0.29, 0.717) is 0 Å². The normalized spacial score (nSPS) is 13.4. The summed E-state index contributed by atoms with van der Waals surface area (Å²) < 4.78 is 0.854. The fourth-order valence-electron chi connectivity index (χ4n) is 0.610. The van der Waals surface area contributed by atoms with Crippen LogP contribution in [-0.4, -0.2) is 2.87 Å². The molecule has 0 saturated heterocycles. The van der Waals surface area contributed by atoms with Crippen molar-refractivity contribution >= 4 is 37.7 Å². The summed E-state index contributed by atoms with van der Waals surface area (Å²) in [5.41, 5.74) is 6.53. The number of allylic oxidation sites excluding steroid dienone is 1. The fourth-order valence-corrected chi connectivity index (χ4v) is 1.97. The Morgan fingerprint density at radius 2 is 1.90 bits per heavy atom. The first-order chi connectivity index (χ1) is 4.39. The number of halogens is 1. The van der Waals surface area contributed by atoms with Gasteiger partial charge < -0.3 is 5.73 Å². The van der Waals surface area contributed by atoms with Gasteiger partial charge >= 0.3 is 0 Å². The molecule has 0 saturated carbocycles. The van der Waals surface area contributed by atoms with Crippen molar-refractivity contribution < 1.29 is 0 Å². The zero-order valence-electron chi connectivity index (χ0n) is 6.44. The molecule has 1 nitrogen and oxygen atoms in total. The molecule has 0 aromatic heterocycles. The van der Waals surface area contributed by atoms with E-state index in [1.165, 1.54) is 0 Å². The first-order valence-corrected chi connectivity index (χ1v) is 4.50. The van der Waals surface area contributed by atoms with E-state index in [9.17, 15) is 0 Å². The molecule has 10 heavy (non-hydrogen) atoms. The summed E-state index contributed by atoms with van der Waals surface area (Å²) in [6, 6.07) is 0. The molecule has 3 heteroatoms. The Hall–Kier alpha value is 0.360. The van der Waals surface area contributed by atoms with Gasteiger partial charge in [-0.2, -0.15) is 0 Å². The zero-order chi connectivity index (χ0) is 8.36. The van der Waals surface area contributed by atoms with E-state index in [1.54, 1.807) is 6.20 Å². The van der Waals surface area contributed by atoms with Gasteiger partial charge in [-0.05, 0) is 39.8 Å². The highest BCUT2D eigenvalue weighted by molar-refractivity contribution is 14.1. The molecule has 0 rings (SSSR count). The average Bonchev–Trinajstić information content (AvgIpc) is 1.60. The topological polar surface area (TPSA) is 26.0 Å². The predicted molar refractivity (Wildman–Crippen MR) is 58.3 cm³/mol. The summed E-state index contributed by atoms with van der Waals surface area (Å²) in [5, 5.41) is 0. The van der Waals surface area contributed by atoms with E-state index in [-0.39, 0.29) is 5.41 Å². The average molecular weight is 269 g/mol. The van der Waals surface area contributed by atoms with Crippen LogP contribution in [0.1, 0.15) is 20.8 Å². The highest BCUT2D eigenvalue weighted by Gasteiger charge is 2.18. The quantitative estimate of drug-likeness (QED) is 0.343. The van der Waals surface area contributed by atoms with Gasteiger partial charge in [0.15, 0.2) is 0 Å². The standard InChI is InChI=1S/C7H12INS/c1-7(2,3)5(4-9)6(8)10/h4H,9H2,1-3H3. The van der Waals surface area contributed by atoms with Crippen LogP contribution in [-0.2, 0) is 0 Å². The summed E-state index contributed by atoms with van der Waals surface area (Å²) in [4.78, 5) is 0. The van der Waals surface area contributed by atoms with Crippen molar-refractivity contribution in [3.63, 3.8) is 0 Å². The molecule has 0 radical (unpaired) electrons. The maximum Gasteiger partial charge on any atom is 0.0811 e. The number of nitrogens with two attached hydrogens (primary N) is 1. The summed E-state index contributed by atoms with van der Waals surface area (Å²) in [7, 11) is 0. The monoisotopic (exact) mass is 269 g/mol. The number of hydrogen-bond donors (Lipinski definition) is 1. The highest BCUT2D eigenvalue weighted by atomic mass is 127. The third-order valence-corrected chi connectivity index (χ3v) is 1.99. The number of thiocarbonyl (C=S) groups is 1. The van der Waals surface area contributed by atoms with Gasteiger partial charge in [-0.15, -0.1) is 0 Å². The predicted octanol–water partition coefficient (Wildman–Crippen LogP) is 2.64. The van der Waals surface area contributed by atoms with Crippen molar-refractivity contribution in [1.82, 2.24) is 0 Å². The Morgan fingerprint density at radius 3 is 1.90 bits per heavy atom. The second kappa shape index (κ2) is 3.67. The molecule has 0 aromatic carbocycles. The van der Waals surface area contributed by atoms with Gasteiger partial charge in [0.2, 0.25) is 0 Å². The molecule has 0 aliphatic rings. The molecule has 0 spiro atoms. The minimum absolute atomic E-state index is 0.0764. The van der Waals surface area contributed by atoms with Crippen LogP contribution in [0.2, 0.25) is 0 Å². The van der Waals surface area contributed by atoms with Crippen LogP contribution in [0, 0.1) is 5.41 Å². The summed E-state index contributed by atoms with van der Waals surface area (Å²) in [5.74, 6) is 0. The highest BCUT2D eigenvalue weighted by Crippen LogP contribution is 2.27. The van der Waals surface area contributed by atoms with Gasteiger partial charge in [-0.3, -0.25) is 0 Å². The Kier molecular flexibility index (Phi) is 3.80. The SMILES string of the molecule is CC(C)(C)C(=CN)C(=S)I. The van der Waals surface area contributed by atoms with Crippen molar-refractivity contribution in [3.8, 4) is 0 Å². The molecular weight excluding hydrogens is 257 g/mol. The van der Waals surface area contributed by atoms with Gasteiger partial charge in [-0.1, -0.05) is 33.0 Å². The molecule has 0 unspecified atom stereocenters. The maximum absolute atomic E-state index is 5.41. The molecule has 0 atom stereocenters. The molecule has 0 aliphatic carbocycles. The minimum atomic E-state index is 0.0764. The number of hydrogen-bond acceptors (Lipinski definition) is 2. The summed E-state index contributed by atoms with van der Waals surface area (Å²) in [6.45, 7) is 6.28. The van der Waals surface area contributed by atoms with Gasteiger partial charge in [-0.25, -0.2) is 0 Å². The molecule has 0 aliphatic heterocycles. The van der Waals surface area contributed by atoms with E-state index < -0.39 is 0 Å². The Labute approximate surface area is 81.2 Å². The van der Waals surface area contributed by atoms with E-state index in [2.05, 4.69) is 43.4 Å². The lowest BCUT2D eigenvalue weighted by molar-refractivity contribution is 0.526. The smallest absolute Gasteiger partial charge is 0.0811 e. The van der Waals surface area contributed by atoms with E-state index in [1.807, 2.05) is 0 Å². The third kappa shape index (κ3) is 2.96. The molecule has 0 amide bonds. The number of rotatable bonds is 1. The molecule has 0 aromatic rings. The third-order valence-electron chi connectivity index (χ3n) is 1.19. The van der Waals surface area contributed by atoms with Crippen LogP contribution in [0.15, 0.2) is 11.8 Å². The lowest BCUT2D eigenvalue weighted by Crippen LogP contribution is -2.14. The maximum atomic E-state index is 5.41. The van der Waals surface area contributed by atoms with Crippen molar-refractivity contribution in [1.29, 1.82) is 0 Å². The fraction of sp³-hybridized carbons (Fsp3) is 0.571. The first-order valence-electron chi connectivity index (χ1n) is 3.02. The Balaban J connectivity index is 4.56. The molecular formula is C7H12INS. The summed E-state index contributed by atoms with van der Waals surface area (Å²) in [6.07, 6.45) is 1.59. The lowest BCUT2D eigenvalue weighted by Gasteiger charge is -2.20. The van der Waals surface area contributed by atoms with Crippen LogP contribution < -0.4 is 5.73 Å². The minimum Gasteiger partial charge on any atom is -0.404 e. The molecule has 2 N–H and O–H groups in total. The van der Waals surface area contributed by atoms with Crippen LogP contribution in [0.25, 0.3) is 0 Å². The van der Waals surface area contributed by atoms with E-state index in [4.69, 9.17) is 18.0 Å². The first kappa shape index (κ1) is 10.4. The van der Waals surface area contributed by atoms with Crippen molar-refractivity contribution in [2.45, 2.75) is 20.8 Å². The van der Waals surface area contributed by atoms with Crippen LogP contribution in [0.5, 0.6) is 0 Å². The molecule has 0 fully saturated rings. The van der Waals surface area contributed by atoms with Gasteiger partial charge in [0.1, 0.15) is 0 Å².